The van der Waals surface area contributed by atoms with Crippen molar-refractivity contribution in [1.29, 1.82) is 0 Å². The summed E-state index contributed by atoms with van der Waals surface area (Å²) in [5, 5.41) is 1.76. The number of carbonyl (C=O) groups is 1. The zero-order valence-corrected chi connectivity index (χ0v) is 9.50. The van der Waals surface area contributed by atoms with Gasteiger partial charge in [-0.15, -0.1) is 0 Å². The first-order valence-electron chi connectivity index (χ1n) is 2.40. The van der Waals surface area contributed by atoms with E-state index in [4.69, 9.17) is 0 Å². The number of rotatable bonds is 0. The number of hydrogen-bond acceptors (Lipinski definition) is 1. The molecular formula is C4H8Br3NO. The van der Waals surface area contributed by atoms with Gasteiger partial charge in [0.15, 0.2) is 0 Å². The number of carbonyl (C=O) groups excluding carboxylic acids is 1. The van der Waals surface area contributed by atoms with Gasteiger partial charge >= 0.3 is 5.91 Å². The molecule has 56 valence electrons. The predicted octanol–water partition coefficient (Wildman–Crippen LogP) is -2.43. The average Bonchev–Trinajstić information content (AvgIpc) is 2.24. The van der Waals surface area contributed by atoms with Crippen LogP contribution in [0.15, 0.2) is 0 Å². The fourth-order valence-electron chi connectivity index (χ4n) is 0.641. The van der Waals surface area contributed by atoms with Gasteiger partial charge < -0.3 is 17.0 Å². The van der Waals surface area contributed by atoms with Gasteiger partial charge in [-0.25, -0.2) is 4.79 Å². The lowest BCUT2D eigenvalue weighted by Gasteiger charge is -1.72. The van der Waals surface area contributed by atoms with E-state index in [1.54, 1.807) is 5.32 Å². The molecule has 1 heterocycles. The average molecular weight is 326 g/mol. The lowest BCUT2D eigenvalue weighted by Crippen LogP contribution is -3.00. The third-order valence-corrected chi connectivity index (χ3v) is 0.999. The lowest BCUT2D eigenvalue weighted by molar-refractivity contribution is -0.554. The molecule has 0 unspecified atom stereocenters. The summed E-state index contributed by atoms with van der Waals surface area (Å²) in [5.74, 6) is 0.329. The van der Waals surface area contributed by atoms with Crippen molar-refractivity contribution in [2.75, 3.05) is 6.54 Å². The minimum atomic E-state index is 0. The van der Waals surface area contributed by atoms with Crippen LogP contribution in [-0.2, 0) is 4.79 Å². The summed E-state index contributed by atoms with van der Waals surface area (Å²) in [7, 11) is 0. The Labute approximate surface area is 80.4 Å². The van der Waals surface area contributed by atoms with Crippen LogP contribution in [0.1, 0.15) is 12.8 Å². The minimum Gasteiger partial charge on any atom is -1.00 e. The Kier molecular flexibility index (Phi) is 12.8. The van der Waals surface area contributed by atoms with E-state index in [9.17, 15) is 4.79 Å². The molecule has 1 fully saturated rings. The van der Waals surface area contributed by atoms with Crippen LogP contribution < -0.4 is 22.3 Å². The highest BCUT2D eigenvalue weighted by Gasteiger charge is 2.11. The quantitative estimate of drug-likeness (QED) is 0.528. The van der Waals surface area contributed by atoms with Crippen LogP contribution in [0.5, 0.6) is 0 Å². The Hall–Kier alpha value is 1.07. The van der Waals surface area contributed by atoms with E-state index in [0.717, 1.165) is 19.4 Å². The first-order chi connectivity index (χ1) is 3.89. The lowest BCUT2D eigenvalue weighted by atomic mass is 10.4. The van der Waals surface area contributed by atoms with Crippen molar-refractivity contribution in [3.8, 4) is 0 Å². The van der Waals surface area contributed by atoms with Gasteiger partial charge in [0, 0.05) is 34.7 Å². The summed E-state index contributed by atoms with van der Waals surface area (Å²) in [6, 6.07) is 0. The monoisotopic (exact) mass is 323 g/mol. The molecule has 2 nitrogen and oxygen atoms in total. The van der Waals surface area contributed by atoms with Gasteiger partial charge in [-0.05, 0) is 0 Å². The molecule has 0 aromatic carbocycles. The summed E-state index contributed by atoms with van der Waals surface area (Å²) < 4.78 is 0. The summed E-state index contributed by atoms with van der Waals surface area (Å²) in [4.78, 5) is 10.2. The van der Waals surface area contributed by atoms with Gasteiger partial charge in [0.25, 0.3) is 0 Å². The van der Waals surface area contributed by atoms with E-state index < -0.39 is 0 Å². The first-order valence-corrected chi connectivity index (χ1v) is 6.11. The molecule has 0 atom stereocenters. The Bertz CT molecular complexity index is 70.2. The van der Waals surface area contributed by atoms with Gasteiger partial charge in [0.2, 0.25) is 0 Å². The van der Waals surface area contributed by atoms with E-state index >= 15 is 0 Å². The summed E-state index contributed by atoms with van der Waals surface area (Å²) in [6.45, 7) is 1.01. The molecule has 1 amide bonds. The van der Waals surface area contributed by atoms with Crippen LogP contribution in [0.3, 0.4) is 0 Å². The molecule has 1 rings (SSSR count). The zero-order valence-electron chi connectivity index (χ0n) is 4.74. The fraction of sp³-hybridized carbons (Fsp3) is 0.750. The Morgan fingerprint density at radius 2 is 2.00 bits per heavy atom. The largest absolute Gasteiger partial charge is 1.00 e. The topological polar surface area (TPSA) is 33.7 Å². The van der Waals surface area contributed by atoms with Crippen molar-refractivity contribution in [3.63, 3.8) is 0 Å². The number of amides is 1. The van der Waals surface area contributed by atoms with E-state index in [1.807, 2.05) is 0 Å². The fourth-order valence-corrected chi connectivity index (χ4v) is 0.641. The van der Waals surface area contributed by atoms with Crippen molar-refractivity contribution in [2.24, 2.45) is 0 Å². The van der Waals surface area contributed by atoms with Crippen molar-refractivity contribution < 1.29 is 27.1 Å². The van der Waals surface area contributed by atoms with Crippen molar-refractivity contribution >= 4 is 34.2 Å². The molecule has 1 saturated heterocycles. The van der Waals surface area contributed by atoms with Gasteiger partial charge in [-0.2, -0.15) is 0 Å². The van der Waals surface area contributed by atoms with Gasteiger partial charge in [0.1, 0.15) is 0 Å². The predicted molar refractivity (Wildman–Crippen MR) is 38.9 cm³/mol. The molecule has 0 aromatic rings. The van der Waals surface area contributed by atoms with Crippen LogP contribution >= 0.6 is 28.3 Å². The van der Waals surface area contributed by atoms with Crippen molar-refractivity contribution in [3.05, 3.63) is 0 Å². The summed E-state index contributed by atoms with van der Waals surface area (Å²) >= 11 is 5.50. The van der Waals surface area contributed by atoms with E-state index in [2.05, 4.69) is 28.3 Å². The second-order valence-corrected chi connectivity index (χ2v) is 1.56. The first kappa shape index (κ1) is 12.7. The molecule has 0 aliphatic carbocycles. The third kappa shape index (κ3) is 6.96. The highest BCUT2D eigenvalue weighted by Crippen LogP contribution is 1.85. The van der Waals surface area contributed by atoms with Gasteiger partial charge in [0.05, 0.1) is 13.0 Å². The maximum Gasteiger partial charge on any atom is 0.310 e. The SMILES string of the molecule is BrBr.O=C1CCC[NH2+]1.[Br-]. The van der Waals surface area contributed by atoms with Crippen LogP contribution in [0.2, 0.25) is 0 Å². The second kappa shape index (κ2) is 9.07. The molecule has 0 aromatic heterocycles. The smallest absolute Gasteiger partial charge is 0.310 e. The summed E-state index contributed by atoms with van der Waals surface area (Å²) in [6.07, 6.45) is 1.87. The van der Waals surface area contributed by atoms with Crippen LogP contribution in [-0.4, -0.2) is 12.5 Å². The molecular weight excluding hydrogens is 318 g/mol. The molecule has 1 aliphatic heterocycles. The number of hydrogen-bond donors (Lipinski definition) is 1. The van der Waals surface area contributed by atoms with Crippen LogP contribution in [0.25, 0.3) is 0 Å². The molecule has 2 N–H and O–H groups in total. The van der Waals surface area contributed by atoms with E-state index in [1.165, 1.54) is 0 Å². The number of quaternary nitrogens is 1. The Balaban J connectivity index is 0. The molecule has 9 heavy (non-hydrogen) atoms. The maximum atomic E-state index is 10.2. The highest BCUT2D eigenvalue weighted by molar-refractivity contribution is 9.93. The van der Waals surface area contributed by atoms with Crippen LogP contribution in [0, 0.1) is 0 Å². The molecule has 0 spiro atoms. The van der Waals surface area contributed by atoms with E-state index in [-0.39, 0.29) is 17.0 Å². The number of primary amides is 1. The van der Waals surface area contributed by atoms with Crippen molar-refractivity contribution in [1.82, 2.24) is 0 Å². The normalized spacial score (nSPS) is 15.6. The van der Waals surface area contributed by atoms with E-state index in [0.29, 0.717) is 5.91 Å². The van der Waals surface area contributed by atoms with Crippen molar-refractivity contribution in [2.45, 2.75) is 12.8 Å². The molecule has 1 aliphatic rings. The highest BCUT2D eigenvalue weighted by atomic mass is 80.9. The van der Waals surface area contributed by atoms with Gasteiger partial charge in [-0.3, -0.25) is 5.32 Å². The Morgan fingerprint density at radius 1 is 1.44 bits per heavy atom. The zero-order chi connectivity index (χ0) is 6.41. The maximum absolute atomic E-state index is 10.2. The van der Waals surface area contributed by atoms with Crippen LogP contribution in [0.4, 0.5) is 0 Å². The number of halogens is 3. The number of nitrogens with two attached hydrogens (primary N) is 1. The molecule has 0 saturated carbocycles. The summed E-state index contributed by atoms with van der Waals surface area (Å²) in [5.41, 5.74) is 0. The Morgan fingerprint density at radius 3 is 2.11 bits per heavy atom. The third-order valence-electron chi connectivity index (χ3n) is 0.999. The molecule has 0 radical (unpaired) electrons. The second-order valence-electron chi connectivity index (χ2n) is 1.56. The standard InChI is InChI=1S/C4H7NO.Br2.BrH/c6-4-2-1-3-5-4;1-2;/h1-3H2,(H,5,6);;1H. The molecule has 5 heteroatoms. The minimum absolute atomic E-state index is 0. The van der Waals surface area contributed by atoms with Gasteiger partial charge in [-0.1, -0.05) is 0 Å². The molecule has 0 bridgehead atoms.